The monoisotopic (exact) mass is 243 g/mol. The van der Waals surface area contributed by atoms with Crippen LogP contribution < -0.4 is 0 Å². The van der Waals surface area contributed by atoms with Crippen LogP contribution in [0, 0.1) is 0 Å². The number of aliphatic carboxylic acids is 1. The third-order valence-electron chi connectivity index (χ3n) is 3.97. The topological polar surface area (TPSA) is 59.0 Å². The average Bonchev–Trinajstić information content (AvgIpc) is 2.39. The fourth-order valence-electron chi connectivity index (χ4n) is 2.89. The summed E-state index contributed by atoms with van der Waals surface area (Å²) in [5.41, 5.74) is -0.733. The van der Waals surface area contributed by atoms with E-state index in [9.17, 15) is 9.90 Å². The maximum atomic E-state index is 11.7. The number of rotatable bonds is 3. The van der Waals surface area contributed by atoms with Crippen molar-refractivity contribution in [1.82, 2.24) is 4.90 Å². The zero-order chi connectivity index (χ0) is 12.3. The summed E-state index contributed by atoms with van der Waals surface area (Å²) in [6.45, 7) is 5.16. The smallest absolute Gasteiger partial charge is 0.324 e. The van der Waals surface area contributed by atoms with Gasteiger partial charge in [0.2, 0.25) is 0 Å². The molecule has 2 fully saturated rings. The quantitative estimate of drug-likeness (QED) is 0.792. The van der Waals surface area contributed by atoms with Gasteiger partial charge in [-0.3, -0.25) is 9.69 Å². The fourth-order valence-corrected chi connectivity index (χ4v) is 2.89. The summed E-state index contributed by atoms with van der Waals surface area (Å²) in [4.78, 5) is 13.8. The Morgan fingerprint density at radius 2 is 2.06 bits per heavy atom. The summed E-state index contributed by atoms with van der Waals surface area (Å²) in [7, 11) is 0. The molecule has 5 nitrogen and oxygen atoms in total. The lowest BCUT2D eigenvalue weighted by Crippen LogP contribution is -2.64. The highest BCUT2D eigenvalue weighted by atomic mass is 16.5. The van der Waals surface area contributed by atoms with Crippen molar-refractivity contribution in [2.75, 3.05) is 33.0 Å². The Labute approximate surface area is 102 Å². The van der Waals surface area contributed by atoms with E-state index in [1.807, 2.05) is 0 Å². The van der Waals surface area contributed by atoms with Gasteiger partial charge < -0.3 is 14.6 Å². The molecule has 5 heteroatoms. The first-order chi connectivity index (χ1) is 8.20. The molecular formula is C12H21NO4. The molecule has 0 aromatic carbocycles. The molecule has 2 rings (SSSR count). The molecule has 17 heavy (non-hydrogen) atoms. The molecule has 2 aliphatic rings. The van der Waals surface area contributed by atoms with E-state index in [4.69, 9.17) is 9.47 Å². The van der Waals surface area contributed by atoms with Gasteiger partial charge in [0.05, 0.1) is 13.2 Å². The Hall–Kier alpha value is -0.650. The predicted molar refractivity (Wildman–Crippen MR) is 62.0 cm³/mol. The molecule has 2 saturated heterocycles. The minimum atomic E-state index is -0.733. The maximum absolute atomic E-state index is 11.7. The van der Waals surface area contributed by atoms with Crippen LogP contribution in [0.1, 0.15) is 26.2 Å². The van der Waals surface area contributed by atoms with Gasteiger partial charge in [-0.05, 0) is 19.3 Å². The van der Waals surface area contributed by atoms with Crippen molar-refractivity contribution in [3.8, 4) is 0 Å². The lowest BCUT2D eigenvalue weighted by molar-refractivity contribution is -0.169. The molecule has 0 amide bonds. The molecule has 0 radical (unpaired) electrons. The number of nitrogens with zero attached hydrogens (tertiary/aromatic N) is 1. The number of ether oxygens (including phenoxy) is 2. The van der Waals surface area contributed by atoms with Gasteiger partial charge in [0.1, 0.15) is 5.54 Å². The summed E-state index contributed by atoms with van der Waals surface area (Å²) in [5.74, 6) is -0.707. The highest BCUT2D eigenvalue weighted by Crippen LogP contribution is 2.32. The van der Waals surface area contributed by atoms with Gasteiger partial charge in [0, 0.05) is 25.8 Å². The summed E-state index contributed by atoms with van der Waals surface area (Å²) in [5, 5.41) is 9.62. The molecule has 1 unspecified atom stereocenters. The second-order valence-corrected chi connectivity index (χ2v) is 4.78. The van der Waals surface area contributed by atoms with Gasteiger partial charge in [-0.2, -0.15) is 0 Å². The van der Waals surface area contributed by atoms with E-state index in [1.165, 1.54) is 0 Å². The van der Waals surface area contributed by atoms with Crippen molar-refractivity contribution in [3.63, 3.8) is 0 Å². The first-order valence-electron chi connectivity index (χ1n) is 6.36. The minimum absolute atomic E-state index is 0.220. The van der Waals surface area contributed by atoms with E-state index < -0.39 is 11.5 Å². The number of hydrogen-bond donors (Lipinski definition) is 1. The van der Waals surface area contributed by atoms with Gasteiger partial charge in [-0.25, -0.2) is 0 Å². The lowest BCUT2D eigenvalue weighted by Gasteiger charge is -2.48. The molecule has 0 spiro atoms. The Morgan fingerprint density at radius 3 is 2.65 bits per heavy atom. The molecule has 2 aliphatic heterocycles. The number of carboxylic acids is 1. The lowest BCUT2D eigenvalue weighted by atomic mass is 9.86. The number of morpholine rings is 1. The van der Waals surface area contributed by atoms with E-state index in [0.717, 1.165) is 6.42 Å². The van der Waals surface area contributed by atoms with Gasteiger partial charge in [0.15, 0.2) is 0 Å². The van der Waals surface area contributed by atoms with Crippen LogP contribution in [0.5, 0.6) is 0 Å². The highest BCUT2D eigenvalue weighted by molar-refractivity contribution is 5.79. The summed E-state index contributed by atoms with van der Waals surface area (Å²) < 4.78 is 10.8. The summed E-state index contributed by atoms with van der Waals surface area (Å²) in [6.07, 6.45) is 2.09. The van der Waals surface area contributed by atoms with Crippen molar-refractivity contribution in [2.24, 2.45) is 0 Å². The summed E-state index contributed by atoms with van der Waals surface area (Å²) in [6, 6.07) is 0.220. The highest BCUT2D eigenvalue weighted by Gasteiger charge is 2.48. The van der Waals surface area contributed by atoms with Crippen LogP contribution in [0.2, 0.25) is 0 Å². The van der Waals surface area contributed by atoms with Crippen LogP contribution in [0.3, 0.4) is 0 Å². The number of carbonyl (C=O) groups is 1. The largest absolute Gasteiger partial charge is 0.480 e. The summed E-state index contributed by atoms with van der Waals surface area (Å²) >= 11 is 0. The third-order valence-corrected chi connectivity index (χ3v) is 3.97. The molecule has 0 saturated carbocycles. The molecule has 98 valence electrons. The Morgan fingerprint density at radius 1 is 1.35 bits per heavy atom. The van der Waals surface area contributed by atoms with Crippen LogP contribution in [-0.2, 0) is 14.3 Å². The molecule has 0 aromatic heterocycles. The van der Waals surface area contributed by atoms with E-state index in [-0.39, 0.29) is 6.04 Å². The zero-order valence-corrected chi connectivity index (χ0v) is 10.4. The third kappa shape index (κ3) is 2.32. The van der Waals surface area contributed by atoms with Crippen molar-refractivity contribution in [1.29, 1.82) is 0 Å². The van der Waals surface area contributed by atoms with Crippen LogP contribution in [-0.4, -0.2) is 60.5 Å². The SMILES string of the molecule is CCC1COCCN1C1(C(=O)O)CCOCC1. The van der Waals surface area contributed by atoms with Crippen molar-refractivity contribution < 1.29 is 19.4 Å². The normalized spacial score (nSPS) is 30.1. The molecule has 0 aliphatic carbocycles. The molecule has 0 bridgehead atoms. The Kier molecular flexibility index (Phi) is 4.01. The van der Waals surface area contributed by atoms with E-state index in [1.54, 1.807) is 0 Å². The Balaban J connectivity index is 2.21. The van der Waals surface area contributed by atoms with E-state index in [2.05, 4.69) is 11.8 Å². The van der Waals surface area contributed by atoms with Crippen molar-refractivity contribution in [3.05, 3.63) is 0 Å². The minimum Gasteiger partial charge on any atom is -0.480 e. The molecule has 0 aromatic rings. The first-order valence-corrected chi connectivity index (χ1v) is 6.36. The van der Waals surface area contributed by atoms with E-state index >= 15 is 0 Å². The molecule has 2 heterocycles. The van der Waals surface area contributed by atoms with Gasteiger partial charge in [0.25, 0.3) is 0 Å². The fraction of sp³-hybridized carbons (Fsp3) is 0.917. The molecule has 1 atom stereocenters. The second-order valence-electron chi connectivity index (χ2n) is 4.78. The van der Waals surface area contributed by atoms with Gasteiger partial charge >= 0.3 is 5.97 Å². The van der Waals surface area contributed by atoms with Gasteiger partial charge in [-0.15, -0.1) is 0 Å². The number of hydrogen-bond acceptors (Lipinski definition) is 4. The molecule has 1 N–H and O–H groups in total. The van der Waals surface area contributed by atoms with Crippen molar-refractivity contribution >= 4 is 5.97 Å². The average molecular weight is 243 g/mol. The predicted octanol–water partition coefficient (Wildman–Crippen LogP) is 0.731. The van der Waals surface area contributed by atoms with E-state index in [0.29, 0.717) is 45.8 Å². The van der Waals surface area contributed by atoms with Crippen LogP contribution in [0.15, 0.2) is 0 Å². The molecular weight excluding hydrogens is 222 g/mol. The zero-order valence-electron chi connectivity index (χ0n) is 10.4. The first kappa shape index (κ1) is 12.8. The van der Waals surface area contributed by atoms with Gasteiger partial charge in [-0.1, -0.05) is 6.92 Å². The van der Waals surface area contributed by atoms with Crippen molar-refractivity contribution in [2.45, 2.75) is 37.8 Å². The van der Waals surface area contributed by atoms with Crippen LogP contribution >= 0.6 is 0 Å². The Bertz CT molecular complexity index is 276. The van der Waals surface area contributed by atoms with Crippen LogP contribution in [0.4, 0.5) is 0 Å². The standard InChI is InChI=1S/C12H21NO4/c1-2-10-9-17-8-5-13(10)12(11(14)15)3-6-16-7-4-12/h10H,2-9H2,1H3,(H,14,15). The van der Waals surface area contributed by atoms with Crippen LogP contribution in [0.25, 0.3) is 0 Å². The second kappa shape index (κ2) is 5.33. The maximum Gasteiger partial charge on any atom is 0.324 e. The number of carboxylic acid groups (broad SMARTS) is 1.